The summed E-state index contributed by atoms with van der Waals surface area (Å²) in [6, 6.07) is 18.1. The van der Waals surface area contributed by atoms with E-state index in [1.807, 2.05) is 18.2 Å². The van der Waals surface area contributed by atoms with Crippen LogP contribution in [0.5, 0.6) is 5.75 Å². The number of halogens is 3. The van der Waals surface area contributed by atoms with Crippen LogP contribution in [-0.2, 0) is 17.2 Å². The molecule has 1 N–H and O–H groups in total. The maximum absolute atomic E-state index is 10.7. The maximum atomic E-state index is 10.7. The first-order chi connectivity index (χ1) is 15.4. The summed E-state index contributed by atoms with van der Waals surface area (Å²) in [7, 11) is -4.01. The number of alkyl halides is 3. The first kappa shape index (κ1) is 24.1. The number of rotatable bonds is 2. The van der Waals surface area contributed by atoms with Gasteiger partial charge in [0.2, 0.25) is 11.2 Å². The Bertz CT molecular complexity index is 1470. The van der Waals surface area contributed by atoms with E-state index in [-0.39, 0.29) is 5.75 Å². The minimum Gasteiger partial charge on any atom is -0.741 e. The molecule has 0 spiro atoms. The molecule has 0 radical (unpaired) electrons. The SMILES string of the molecule is Cc1cc(C=Cc2ccc(O)c3ncccc23)[n+](C)c2ccccc12.O=S(=O)([O-])C(F)(F)F. The average Bonchev–Trinajstić information content (AvgIpc) is 2.76. The van der Waals surface area contributed by atoms with Gasteiger partial charge < -0.3 is 9.66 Å². The van der Waals surface area contributed by atoms with Gasteiger partial charge >= 0.3 is 5.51 Å². The maximum Gasteiger partial charge on any atom is 0.485 e. The molecule has 0 aliphatic rings. The van der Waals surface area contributed by atoms with Crippen LogP contribution < -0.4 is 4.57 Å². The van der Waals surface area contributed by atoms with Crippen molar-refractivity contribution in [3.05, 3.63) is 77.6 Å². The van der Waals surface area contributed by atoms with Crippen molar-refractivity contribution < 1.29 is 35.8 Å². The molecule has 0 bridgehead atoms. The summed E-state index contributed by atoms with van der Waals surface area (Å²) in [6.45, 7) is 2.14. The zero-order chi connectivity index (χ0) is 24.4. The molecule has 0 aliphatic carbocycles. The predicted molar refractivity (Wildman–Crippen MR) is 118 cm³/mol. The predicted octanol–water partition coefficient (Wildman–Crippen LogP) is 4.45. The van der Waals surface area contributed by atoms with Crippen molar-refractivity contribution in [1.29, 1.82) is 0 Å². The van der Waals surface area contributed by atoms with E-state index in [0.29, 0.717) is 5.52 Å². The number of phenolic OH excluding ortho intramolecular Hbond substituents is 1. The number of hydrogen-bond donors (Lipinski definition) is 1. The molecular weight excluding hydrogens is 457 g/mol. The van der Waals surface area contributed by atoms with Gasteiger partial charge in [-0.05, 0) is 42.3 Å². The number of pyridine rings is 2. The van der Waals surface area contributed by atoms with E-state index in [1.54, 1.807) is 12.3 Å². The second-order valence-electron chi connectivity index (χ2n) is 7.14. The van der Waals surface area contributed by atoms with E-state index in [9.17, 15) is 18.3 Å². The molecule has 0 aliphatic heterocycles. The lowest BCUT2D eigenvalue weighted by molar-refractivity contribution is -0.646. The Hall–Kier alpha value is -3.50. The molecule has 6 nitrogen and oxygen atoms in total. The first-order valence-electron chi connectivity index (χ1n) is 9.55. The topological polar surface area (TPSA) is 94.2 Å². The van der Waals surface area contributed by atoms with Crippen LogP contribution in [0, 0.1) is 6.92 Å². The third kappa shape index (κ3) is 5.29. The van der Waals surface area contributed by atoms with Crippen LogP contribution in [0.25, 0.3) is 34.0 Å². The molecule has 0 amide bonds. The molecule has 0 saturated heterocycles. The number of para-hydroxylation sites is 1. The molecule has 33 heavy (non-hydrogen) atoms. The summed E-state index contributed by atoms with van der Waals surface area (Å²) in [6.07, 6.45) is 5.88. The fourth-order valence-corrected chi connectivity index (χ4v) is 3.30. The van der Waals surface area contributed by atoms with E-state index in [1.165, 1.54) is 16.5 Å². The Balaban J connectivity index is 0.000000331. The van der Waals surface area contributed by atoms with Crippen LogP contribution in [-0.4, -0.2) is 28.6 Å². The van der Waals surface area contributed by atoms with Gasteiger partial charge in [0, 0.05) is 35.2 Å². The molecule has 10 heteroatoms. The highest BCUT2D eigenvalue weighted by atomic mass is 32.2. The normalized spacial score (nSPS) is 12.2. The van der Waals surface area contributed by atoms with E-state index in [4.69, 9.17) is 13.0 Å². The summed E-state index contributed by atoms with van der Waals surface area (Å²) in [5, 5.41) is 12.2. The number of hydrogen-bond acceptors (Lipinski definition) is 5. The highest BCUT2D eigenvalue weighted by molar-refractivity contribution is 7.86. The van der Waals surface area contributed by atoms with E-state index >= 15 is 0 Å². The van der Waals surface area contributed by atoms with Crippen LogP contribution in [0.3, 0.4) is 0 Å². The van der Waals surface area contributed by atoms with Crippen molar-refractivity contribution in [2.75, 3.05) is 0 Å². The lowest BCUT2D eigenvalue weighted by Crippen LogP contribution is -2.33. The van der Waals surface area contributed by atoms with Crippen molar-refractivity contribution >= 4 is 44.1 Å². The van der Waals surface area contributed by atoms with Crippen molar-refractivity contribution in [3.63, 3.8) is 0 Å². The lowest BCUT2D eigenvalue weighted by Gasteiger charge is -2.08. The standard InChI is InChI=1S/C22H18N2O.CHF3O3S/c1-15-14-17(24(2)20-8-4-3-6-18(15)20)11-9-16-10-12-21(25)22-19(16)7-5-13-23-22;2-1(3,4)8(5,6)7/h3-14H,1-2H3;(H,5,6,7). The molecule has 0 fully saturated rings. The zero-order valence-corrected chi connectivity index (χ0v) is 18.4. The Morgan fingerprint density at radius 1 is 1.03 bits per heavy atom. The largest absolute Gasteiger partial charge is 0.741 e. The van der Waals surface area contributed by atoms with Crippen LogP contribution in [0.1, 0.15) is 16.8 Å². The van der Waals surface area contributed by atoms with E-state index in [0.717, 1.165) is 16.6 Å². The molecule has 0 atom stereocenters. The fraction of sp³-hybridized carbons (Fsp3) is 0.130. The van der Waals surface area contributed by atoms with Gasteiger partial charge in [0.15, 0.2) is 10.1 Å². The average molecular weight is 476 g/mol. The second-order valence-corrected chi connectivity index (χ2v) is 8.51. The third-order valence-corrected chi connectivity index (χ3v) is 5.51. The minimum absolute atomic E-state index is 0.208. The number of nitrogens with zero attached hydrogens (tertiary/aromatic N) is 2. The zero-order valence-electron chi connectivity index (χ0n) is 17.5. The van der Waals surface area contributed by atoms with Crippen molar-refractivity contribution in [3.8, 4) is 5.75 Å². The molecule has 172 valence electrons. The Labute approximate surface area is 188 Å². The first-order valence-corrected chi connectivity index (χ1v) is 11.0. The summed E-state index contributed by atoms with van der Waals surface area (Å²) in [5.74, 6) is 0.208. The number of aromatic hydroxyl groups is 1. The van der Waals surface area contributed by atoms with Gasteiger partial charge in [-0.3, -0.25) is 4.98 Å². The van der Waals surface area contributed by atoms with E-state index in [2.05, 4.69) is 66.0 Å². The molecule has 4 rings (SSSR count). The van der Waals surface area contributed by atoms with Crippen LogP contribution in [0.2, 0.25) is 0 Å². The molecule has 0 unspecified atom stereocenters. The van der Waals surface area contributed by atoms with Crippen LogP contribution >= 0.6 is 0 Å². The number of aromatic nitrogens is 2. The van der Waals surface area contributed by atoms with E-state index < -0.39 is 15.6 Å². The van der Waals surface area contributed by atoms with Gasteiger partial charge in [-0.2, -0.15) is 17.7 Å². The lowest BCUT2D eigenvalue weighted by atomic mass is 10.1. The van der Waals surface area contributed by atoms with Crippen LogP contribution in [0.4, 0.5) is 13.2 Å². The van der Waals surface area contributed by atoms with Crippen LogP contribution in [0.15, 0.2) is 60.8 Å². The van der Waals surface area contributed by atoms with Crippen molar-refractivity contribution in [2.45, 2.75) is 12.4 Å². The Morgan fingerprint density at radius 3 is 2.33 bits per heavy atom. The minimum atomic E-state index is -6.09. The summed E-state index contributed by atoms with van der Waals surface area (Å²) in [5.41, 5.74) is -0.394. The number of benzene rings is 2. The highest BCUT2D eigenvalue weighted by Gasteiger charge is 2.36. The quantitative estimate of drug-likeness (QED) is 0.262. The summed E-state index contributed by atoms with van der Waals surface area (Å²) >= 11 is 0. The van der Waals surface area contributed by atoms with Gasteiger partial charge in [0.1, 0.15) is 18.3 Å². The molecular formula is C23H19F3N2O4S. The molecule has 4 aromatic rings. The smallest absolute Gasteiger partial charge is 0.485 e. The van der Waals surface area contributed by atoms with Gasteiger partial charge in [-0.15, -0.1) is 0 Å². The monoisotopic (exact) mass is 476 g/mol. The summed E-state index contributed by atoms with van der Waals surface area (Å²) < 4.78 is 61.1. The Morgan fingerprint density at radius 2 is 1.67 bits per heavy atom. The molecule has 2 aromatic carbocycles. The molecule has 2 aromatic heterocycles. The Kier molecular flexibility index (Phi) is 6.71. The van der Waals surface area contributed by atoms with Gasteiger partial charge in [-0.25, -0.2) is 8.42 Å². The molecule has 2 heterocycles. The highest BCUT2D eigenvalue weighted by Crippen LogP contribution is 2.27. The number of aryl methyl sites for hydroxylation is 2. The third-order valence-electron chi connectivity index (χ3n) is 4.94. The fourth-order valence-electron chi connectivity index (χ4n) is 3.30. The van der Waals surface area contributed by atoms with Crippen molar-refractivity contribution in [1.82, 2.24) is 4.98 Å². The van der Waals surface area contributed by atoms with Gasteiger partial charge in [0.05, 0.1) is 0 Å². The van der Waals surface area contributed by atoms with Gasteiger partial charge in [0.25, 0.3) is 0 Å². The number of phenols is 1. The second kappa shape index (κ2) is 9.16. The van der Waals surface area contributed by atoms with Crippen molar-refractivity contribution in [2.24, 2.45) is 7.05 Å². The molecule has 0 saturated carbocycles. The number of fused-ring (bicyclic) bond motifs is 2. The van der Waals surface area contributed by atoms with Gasteiger partial charge in [-0.1, -0.05) is 24.3 Å². The summed E-state index contributed by atoms with van der Waals surface area (Å²) in [4.78, 5) is 4.28.